The van der Waals surface area contributed by atoms with E-state index in [1.807, 2.05) is 0 Å². The summed E-state index contributed by atoms with van der Waals surface area (Å²) >= 11 is 8.83. The molecule has 2 nitrogen and oxygen atoms in total. The summed E-state index contributed by atoms with van der Waals surface area (Å²) in [6.07, 6.45) is 1.63. The molecule has 0 aliphatic rings. The van der Waals surface area contributed by atoms with Crippen molar-refractivity contribution in [1.82, 2.24) is 4.98 Å². The Labute approximate surface area is 84.1 Å². The number of rotatable bonds is 2. The van der Waals surface area contributed by atoms with Crippen molar-refractivity contribution in [3.63, 3.8) is 0 Å². The topological polar surface area (TPSA) is 30.0 Å². The number of hydrogen-bond donors (Lipinski definition) is 0. The summed E-state index contributed by atoms with van der Waals surface area (Å²) in [6, 6.07) is 1.73. The van der Waals surface area contributed by atoms with Crippen LogP contribution in [0.1, 0.15) is 23.0 Å². The molecule has 12 heavy (non-hydrogen) atoms. The van der Waals surface area contributed by atoms with Crippen molar-refractivity contribution in [2.24, 2.45) is 0 Å². The third-order valence-corrected chi connectivity index (χ3v) is 2.13. The maximum absolute atomic E-state index is 11.1. The maximum Gasteiger partial charge on any atom is 0.161 e. The molecule has 0 saturated carbocycles. The molecule has 0 aliphatic carbocycles. The molecule has 0 atom stereocenters. The van der Waals surface area contributed by atoms with Crippen molar-refractivity contribution in [1.29, 1.82) is 0 Å². The van der Waals surface area contributed by atoms with Crippen molar-refractivity contribution in [3.8, 4) is 0 Å². The molecule has 0 fully saturated rings. The Kier molecular flexibility index (Phi) is 3.23. The molecular weight excluding hydrogens is 241 g/mol. The molecule has 0 bridgehead atoms. The van der Waals surface area contributed by atoms with Gasteiger partial charge in [0, 0.05) is 16.2 Å². The molecule has 0 radical (unpaired) electrons. The van der Waals surface area contributed by atoms with E-state index in [1.54, 1.807) is 12.3 Å². The first-order valence-electron chi connectivity index (χ1n) is 3.36. The van der Waals surface area contributed by atoms with Gasteiger partial charge in [0.05, 0.1) is 11.6 Å². The Balaban J connectivity index is 3.21. The fourth-order valence-corrected chi connectivity index (χ4v) is 1.42. The zero-order valence-electron chi connectivity index (χ0n) is 6.47. The lowest BCUT2D eigenvalue weighted by molar-refractivity contribution is 0.101. The zero-order valence-corrected chi connectivity index (χ0v) is 8.82. The van der Waals surface area contributed by atoms with Gasteiger partial charge in [0.25, 0.3) is 0 Å². The van der Waals surface area contributed by atoms with Gasteiger partial charge in [-0.3, -0.25) is 9.78 Å². The fourth-order valence-electron chi connectivity index (χ4n) is 0.879. The molecule has 0 spiro atoms. The van der Waals surface area contributed by atoms with Gasteiger partial charge in [-0.05, 0) is 28.9 Å². The van der Waals surface area contributed by atoms with E-state index in [0.29, 0.717) is 11.3 Å². The van der Waals surface area contributed by atoms with Crippen molar-refractivity contribution in [2.45, 2.75) is 12.8 Å². The number of pyridine rings is 1. The van der Waals surface area contributed by atoms with Gasteiger partial charge in [0.15, 0.2) is 5.78 Å². The number of nitrogens with zero attached hydrogens (tertiary/aromatic N) is 1. The minimum atomic E-state index is -0.0144. The molecule has 1 aromatic heterocycles. The summed E-state index contributed by atoms with van der Waals surface area (Å²) in [4.78, 5) is 15.1. The summed E-state index contributed by atoms with van der Waals surface area (Å²) in [5.41, 5.74) is 1.21. The molecule has 0 amide bonds. The van der Waals surface area contributed by atoms with Crippen LogP contribution < -0.4 is 0 Å². The first-order valence-corrected chi connectivity index (χ1v) is 4.69. The van der Waals surface area contributed by atoms with Crippen LogP contribution in [0.15, 0.2) is 16.7 Å². The van der Waals surface area contributed by atoms with E-state index in [1.165, 1.54) is 6.92 Å². The Bertz CT molecular complexity index is 314. The van der Waals surface area contributed by atoms with Crippen LogP contribution in [0.25, 0.3) is 0 Å². The normalized spacial score (nSPS) is 9.92. The van der Waals surface area contributed by atoms with Crippen molar-refractivity contribution < 1.29 is 4.79 Å². The second-order valence-corrected chi connectivity index (χ2v) is 3.52. The van der Waals surface area contributed by atoms with Gasteiger partial charge in [0.2, 0.25) is 0 Å². The Morgan fingerprint density at radius 2 is 2.42 bits per heavy atom. The minimum absolute atomic E-state index is 0.0144. The fraction of sp³-hybridized carbons (Fsp3) is 0.250. The molecule has 0 unspecified atom stereocenters. The molecule has 0 aromatic carbocycles. The molecule has 0 saturated heterocycles. The molecule has 1 heterocycles. The number of aromatic nitrogens is 1. The number of halogens is 2. The van der Waals surface area contributed by atoms with Crippen LogP contribution in [-0.4, -0.2) is 10.8 Å². The Hall–Kier alpha value is -0.410. The maximum atomic E-state index is 11.1. The minimum Gasteiger partial charge on any atom is -0.294 e. The molecule has 1 rings (SSSR count). The summed E-state index contributed by atoms with van der Waals surface area (Å²) < 4.78 is 0.793. The molecule has 0 aliphatic heterocycles. The van der Waals surface area contributed by atoms with E-state index in [0.717, 1.165) is 4.47 Å². The first-order chi connectivity index (χ1) is 5.65. The smallest absolute Gasteiger partial charge is 0.161 e. The highest BCUT2D eigenvalue weighted by Gasteiger charge is 2.07. The van der Waals surface area contributed by atoms with Crippen molar-refractivity contribution >= 4 is 33.3 Å². The third-order valence-electron chi connectivity index (χ3n) is 1.44. The van der Waals surface area contributed by atoms with Crippen LogP contribution >= 0.6 is 27.5 Å². The second kappa shape index (κ2) is 4.01. The number of carbonyl (C=O) groups excluding carboxylic acids is 1. The summed E-state index contributed by atoms with van der Waals surface area (Å²) in [6.45, 7) is 1.50. The van der Waals surface area contributed by atoms with E-state index in [4.69, 9.17) is 11.6 Å². The van der Waals surface area contributed by atoms with Gasteiger partial charge in [0.1, 0.15) is 0 Å². The number of hydrogen-bond acceptors (Lipinski definition) is 2. The lowest BCUT2D eigenvalue weighted by Gasteiger charge is -2.01. The Morgan fingerprint density at radius 1 is 1.75 bits per heavy atom. The van der Waals surface area contributed by atoms with Gasteiger partial charge in [-0.2, -0.15) is 0 Å². The lowest BCUT2D eigenvalue weighted by atomic mass is 10.1. The van der Waals surface area contributed by atoms with Crippen LogP contribution in [0.3, 0.4) is 0 Å². The van der Waals surface area contributed by atoms with Crippen molar-refractivity contribution in [3.05, 3.63) is 28.0 Å². The van der Waals surface area contributed by atoms with Crippen LogP contribution in [-0.2, 0) is 5.88 Å². The average molecular weight is 249 g/mol. The van der Waals surface area contributed by atoms with Crippen LogP contribution in [0.2, 0.25) is 0 Å². The van der Waals surface area contributed by atoms with Crippen LogP contribution in [0.5, 0.6) is 0 Å². The van der Waals surface area contributed by atoms with E-state index < -0.39 is 0 Å². The summed E-state index contributed by atoms with van der Waals surface area (Å²) in [5, 5.41) is 0. The van der Waals surface area contributed by atoms with E-state index in [9.17, 15) is 4.79 Å². The molecule has 0 N–H and O–H groups in total. The Morgan fingerprint density at radius 3 is 2.92 bits per heavy atom. The van der Waals surface area contributed by atoms with Gasteiger partial charge in [-0.1, -0.05) is 0 Å². The first kappa shape index (κ1) is 9.68. The van der Waals surface area contributed by atoms with Gasteiger partial charge in [-0.15, -0.1) is 11.6 Å². The highest BCUT2D eigenvalue weighted by Crippen LogP contribution is 2.15. The average Bonchev–Trinajstić information content (AvgIpc) is 2.04. The molecule has 4 heteroatoms. The third kappa shape index (κ3) is 2.05. The van der Waals surface area contributed by atoms with Gasteiger partial charge >= 0.3 is 0 Å². The number of alkyl halides is 1. The van der Waals surface area contributed by atoms with E-state index in [2.05, 4.69) is 20.9 Å². The molecular formula is C8H7BrClNO. The highest BCUT2D eigenvalue weighted by molar-refractivity contribution is 9.10. The number of ketones is 1. The molecule has 64 valence electrons. The predicted molar refractivity (Wildman–Crippen MR) is 51.5 cm³/mol. The molecule has 1 aromatic rings. The summed E-state index contributed by atoms with van der Waals surface area (Å²) in [5.74, 6) is 0.252. The van der Waals surface area contributed by atoms with E-state index in [-0.39, 0.29) is 11.7 Å². The standard InChI is InChI=1S/C8H7BrClNO/c1-5(12)7-2-6(9)4-11-8(7)3-10/h2,4H,3H2,1H3. The zero-order chi connectivity index (χ0) is 9.14. The highest BCUT2D eigenvalue weighted by atomic mass is 79.9. The number of carbonyl (C=O) groups is 1. The largest absolute Gasteiger partial charge is 0.294 e. The van der Waals surface area contributed by atoms with Gasteiger partial charge < -0.3 is 0 Å². The summed E-state index contributed by atoms with van der Waals surface area (Å²) in [7, 11) is 0. The predicted octanol–water partition coefficient (Wildman–Crippen LogP) is 2.79. The quantitative estimate of drug-likeness (QED) is 0.595. The lowest BCUT2D eigenvalue weighted by Crippen LogP contribution is -2.00. The van der Waals surface area contributed by atoms with Crippen LogP contribution in [0, 0.1) is 0 Å². The van der Waals surface area contributed by atoms with Crippen molar-refractivity contribution in [2.75, 3.05) is 0 Å². The second-order valence-electron chi connectivity index (χ2n) is 2.34. The monoisotopic (exact) mass is 247 g/mol. The SMILES string of the molecule is CC(=O)c1cc(Br)cnc1CCl. The van der Waals surface area contributed by atoms with Gasteiger partial charge in [-0.25, -0.2) is 0 Å². The van der Waals surface area contributed by atoms with E-state index >= 15 is 0 Å². The number of Topliss-reactive ketones (excluding diaryl/α,β-unsaturated/α-hetero) is 1. The van der Waals surface area contributed by atoms with Crippen LogP contribution in [0.4, 0.5) is 0 Å².